The molecule has 0 atom stereocenters. The molecule has 0 saturated carbocycles. The average molecular weight is 196 g/mol. The maximum Gasteiger partial charge on any atom is 0.335 e. The van der Waals surface area contributed by atoms with Crippen molar-refractivity contribution in [2.75, 3.05) is 0 Å². The quantitative estimate of drug-likeness (QED) is 0.736. The molecule has 3 nitrogen and oxygen atoms in total. The van der Waals surface area contributed by atoms with Crippen LogP contribution in [0.15, 0.2) is 12.1 Å². The van der Waals surface area contributed by atoms with E-state index in [4.69, 9.17) is 5.11 Å². The number of hydrogen-bond acceptors (Lipinski definition) is 2. The topological polar surface area (TPSA) is 54.4 Å². The molecule has 1 aromatic rings. The second kappa shape index (κ2) is 3.57. The monoisotopic (exact) mass is 196 g/mol. The highest BCUT2D eigenvalue weighted by atomic mass is 19.1. The highest BCUT2D eigenvalue weighted by molar-refractivity contribution is 5.98. The lowest BCUT2D eigenvalue weighted by atomic mass is 10.0. The number of carboxylic acid groups (broad SMARTS) is 1. The van der Waals surface area contributed by atoms with E-state index in [9.17, 15) is 14.0 Å². The Morgan fingerprint density at radius 2 is 1.86 bits per heavy atom. The lowest BCUT2D eigenvalue weighted by molar-refractivity contribution is 0.0696. The summed E-state index contributed by atoms with van der Waals surface area (Å²) >= 11 is 0. The third-order valence-electron chi connectivity index (χ3n) is 1.92. The maximum absolute atomic E-state index is 13.1. The van der Waals surface area contributed by atoms with Gasteiger partial charge in [0.05, 0.1) is 11.1 Å². The maximum atomic E-state index is 13.1. The standard InChI is InChI=1S/C10H9FO3/c1-5-3-9(11)8(6(2)12)4-7(5)10(13)14/h3-4H,1-2H3,(H,13,14). The van der Waals surface area contributed by atoms with Gasteiger partial charge in [0.15, 0.2) is 5.78 Å². The van der Waals surface area contributed by atoms with Crippen molar-refractivity contribution >= 4 is 11.8 Å². The summed E-state index contributed by atoms with van der Waals surface area (Å²) in [4.78, 5) is 21.6. The van der Waals surface area contributed by atoms with Crippen LogP contribution in [0.2, 0.25) is 0 Å². The molecule has 0 bridgehead atoms. The highest BCUT2D eigenvalue weighted by Gasteiger charge is 2.14. The summed E-state index contributed by atoms with van der Waals surface area (Å²) in [6.07, 6.45) is 0. The van der Waals surface area contributed by atoms with Crippen molar-refractivity contribution in [1.29, 1.82) is 0 Å². The van der Waals surface area contributed by atoms with Gasteiger partial charge in [0.2, 0.25) is 0 Å². The predicted molar refractivity (Wildman–Crippen MR) is 48.1 cm³/mol. The van der Waals surface area contributed by atoms with Crippen LogP contribution in [0.1, 0.15) is 33.2 Å². The Labute approximate surface area is 80.2 Å². The number of carbonyl (C=O) groups excluding carboxylic acids is 1. The Morgan fingerprint density at radius 3 is 2.29 bits per heavy atom. The minimum absolute atomic E-state index is 0.0448. The largest absolute Gasteiger partial charge is 0.478 e. The summed E-state index contributed by atoms with van der Waals surface area (Å²) in [7, 11) is 0. The van der Waals surface area contributed by atoms with Crippen molar-refractivity contribution < 1.29 is 19.1 Å². The van der Waals surface area contributed by atoms with E-state index in [-0.39, 0.29) is 11.1 Å². The first kappa shape index (κ1) is 10.4. The summed E-state index contributed by atoms with van der Waals surface area (Å²) in [5, 5.41) is 8.73. The Balaban J connectivity index is 3.42. The fraction of sp³-hybridized carbons (Fsp3) is 0.200. The van der Waals surface area contributed by atoms with Crippen LogP contribution in [0.4, 0.5) is 4.39 Å². The van der Waals surface area contributed by atoms with Crippen LogP contribution in [-0.4, -0.2) is 16.9 Å². The molecular weight excluding hydrogens is 187 g/mol. The van der Waals surface area contributed by atoms with Crippen molar-refractivity contribution in [3.63, 3.8) is 0 Å². The molecule has 74 valence electrons. The SMILES string of the molecule is CC(=O)c1cc(C(=O)O)c(C)cc1F. The molecule has 0 aliphatic carbocycles. The Kier molecular flexibility index (Phi) is 2.65. The summed E-state index contributed by atoms with van der Waals surface area (Å²) < 4.78 is 13.1. The van der Waals surface area contributed by atoms with E-state index >= 15 is 0 Å². The molecule has 1 N–H and O–H groups in total. The molecule has 0 heterocycles. The van der Waals surface area contributed by atoms with Crippen LogP contribution in [0, 0.1) is 12.7 Å². The molecule has 1 rings (SSSR count). The third-order valence-corrected chi connectivity index (χ3v) is 1.92. The van der Waals surface area contributed by atoms with Crippen LogP contribution in [0.3, 0.4) is 0 Å². The van der Waals surface area contributed by atoms with E-state index in [0.29, 0.717) is 5.56 Å². The summed E-state index contributed by atoms with van der Waals surface area (Å²) in [6, 6.07) is 2.12. The van der Waals surface area contributed by atoms with Crippen molar-refractivity contribution in [2.45, 2.75) is 13.8 Å². The molecule has 0 aliphatic rings. The Morgan fingerprint density at radius 1 is 1.29 bits per heavy atom. The number of benzene rings is 1. The van der Waals surface area contributed by atoms with Gasteiger partial charge < -0.3 is 5.11 Å². The van der Waals surface area contributed by atoms with E-state index in [1.54, 1.807) is 0 Å². The second-order valence-electron chi connectivity index (χ2n) is 3.01. The Hall–Kier alpha value is -1.71. The van der Waals surface area contributed by atoms with Gasteiger partial charge >= 0.3 is 5.97 Å². The minimum Gasteiger partial charge on any atom is -0.478 e. The third kappa shape index (κ3) is 1.79. The van der Waals surface area contributed by atoms with E-state index in [2.05, 4.69) is 0 Å². The molecule has 0 amide bonds. The first-order valence-corrected chi connectivity index (χ1v) is 3.98. The normalized spacial score (nSPS) is 9.93. The first-order chi connectivity index (χ1) is 6.43. The average Bonchev–Trinajstić information content (AvgIpc) is 2.02. The summed E-state index contributed by atoms with van der Waals surface area (Å²) in [5.74, 6) is -2.32. The zero-order chi connectivity index (χ0) is 10.9. The predicted octanol–water partition coefficient (Wildman–Crippen LogP) is 2.03. The molecule has 4 heteroatoms. The van der Waals surface area contributed by atoms with Crippen LogP contribution in [0.25, 0.3) is 0 Å². The van der Waals surface area contributed by atoms with E-state index in [1.165, 1.54) is 13.8 Å². The van der Waals surface area contributed by atoms with E-state index < -0.39 is 17.6 Å². The van der Waals surface area contributed by atoms with Gasteiger partial charge in [0.25, 0.3) is 0 Å². The molecule has 0 spiro atoms. The van der Waals surface area contributed by atoms with Crippen LogP contribution in [-0.2, 0) is 0 Å². The number of Topliss-reactive ketones (excluding diaryl/α,β-unsaturated/α-hetero) is 1. The lowest BCUT2D eigenvalue weighted by Crippen LogP contribution is -2.05. The first-order valence-electron chi connectivity index (χ1n) is 3.98. The van der Waals surface area contributed by atoms with Gasteiger partial charge in [-0.15, -0.1) is 0 Å². The molecule has 0 radical (unpaired) electrons. The summed E-state index contributed by atoms with van der Waals surface area (Å²) in [6.45, 7) is 2.68. The van der Waals surface area contributed by atoms with Gasteiger partial charge in [-0.1, -0.05) is 0 Å². The van der Waals surface area contributed by atoms with Crippen LogP contribution < -0.4 is 0 Å². The zero-order valence-corrected chi connectivity index (χ0v) is 7.80. The van der Waals surface area contributed by atoms with E-state index in [0.717, 1.165) is 12.1 Å². The van der Waals surface area contributed by atoms with Crippen molar-refractivity contribution in [3.05, 3.63) is 34.6 Å². The molecule has 0 fully saturated rings. The van der Waals surface area contributed by atoms with Gasteiger partial charge in [-0.2, -0.15) is 0 Å². The van der Waals surface area contributed by atoms with Gasteiger partial charge in [0.1, 0.15) is 5.82 Å². The number of hydrogen-bond donors (Lipinski definition) is 1. The number of aryl methyl sites for hydroxylation is 1. The van der Waals surface area contributed by atoms with Crippen molar-refractivity contribution in [3.8, 4) is 0 Å². The van der Waals surface area contributed by atoms with Gasteiger partial charge in [0, 0.05) is 0 Å². The van der Waals surface area contributed by atoms with Gasteiger partial charge in [-0.3, -0.25) is 4.79 Å². The van der Waals surface area contributed by atoms with Gasteiger partial charge in [-0.05, 0) is 31.5 Å². The molecule has 0 unspecified atom stereocenters. The van der Waals surface area contributed by atoms with Crippen LogP contribution in [0.5, 0.6) is 0 Å². The lowest BCUT2D eigenvalue weighted by Gasteiger charge is -2.04. The highest BCUT2D eigenvalue weighted by Crippen LogP contribution is 2.16. The second-order valence-corrected chi connectivity index (χ2v) is 3.01. The molecule has 0 aliphatic heterocycles. The summed E-state index contributed by atoms with van der Waals surface area (Å²) in [5.41, 5.74) is 0.0737. The van der Waals surface area contributed by atoms with Crippen molar-refractivity contribution in [1.82, 2.24) is 0 Å². The number of carbonyl (C=O) groups is 2. The number of halogens is 1. The Bertz CT molecular complexity index is 375. The number of ketones is 1. The zero-order valence-electron chi connectivity index (χ0n) is 7.80. The molecule has 14 heavy (non-hydrogen) atoms. The molecular formula is C10H9FO3. The minimum atomic E-state index is -1.16. The van der Waals surface area contributed by atoms with Crippen molar-refractivity contribution in [2.24, 2.45) is 0 Å². The van der Waals surface area contributed by atoms with Crippen LogP contribution >= 0.6 is 0 Å². The molecule has 0 saturated heterocycles. The molecule has 1 aromatic carbocycles. The number of carboxylic acids is 1. The fourth-order valence-corrected chi connectivity index (χ4v) is 1.17. The van der Waals surface area contributed by atoms with E-state index in [1.807, 2.05) is 0 Å². The number of rotatable bonds is 2. The smallest absolute Gasteiger partial charge is 0.335 e. The molecule has 0 aromatic heterocycles. The fourth-order valence-electron chi connectivity index (χ4n) is 1.17. The van der Waals surface area contributed by atoms with Gasteiger partial charge in [-0.25, -0.2) is 9.18 Å². The number of aromatic carboxylic acids is 1.